The van der Waals surface area contributed by atoms with Gasteiger partial charge in [0.05, 0.1) is 0 Å². The Balaban J connectivity index is -0.0000000134. The van der Waals surface area contributed by atoms with Crippen LogP contribution in [0.2, 0.25) is 0 Å². The number of hydrogen-bond donors (Lipinski definition) is 6. The van der Waals surface area contributed by atoms with Crippen LogP contribution in [0.3, 0.4) is 0 Å². The summed E-state index contributed by atoms with van der Waals surface area (Å²) in [5, 5.41) is 29.7. The number of carboxylic acids is 4. The molecule has 0 spiro atoms. The van der Waals surface area contributed by atoms with Crippen molar-refractivity contribution in [2.75, 3.05) is 13.1 Å². The molecule has 0 aliphatic heterocycles. The zero-order valence-corrected chi connectivity index (χ0v) is 13.0. The third kappa shape index (κ3) is 4310. The van der Waals surface area contributed by atoms with Crippen LogP contribution >= 0.6 is 0 Å². The minimum atomic E-state index is -0.833. The Hall–Kier alpha value is 0.720. The molecule has 0 fully saturated rings. The van der Waals surface area contributed by atoms with Gasteiger partial charge in [0, 0.05) is 40.8 Å². The first-order valence-electron chi connectivity index (χ1n) is 5.03. The Labute approximate surface area is 213 Å². The topological polar surface area (TPSA) is 264 Å². The van der Waals surface area contributed by atoms with Crippen molar-refractivity contribution < 1.29 is 50.6 Å². The van der Waals surface area contributed by atoms with Gasteiger partial charge in [0.25, 0.3) is 23.9 Å². The van der Waals surface area contributed by atoms with Gasteiger partial charge in [-0.1, -0.05) is 0 Å². The SMILES string of the molecule is CC(=O)O.CC(=O)O.CC(=O)O.CC(=O)O.NCCN.O.O.[NaH].[NaH].[NaH]. The molecule has 0 saturated carbocycles. The molecule has 0 amide bonds. The van der Waals surface area contributed by atoms with Gasteiger partial charge < -0.3 is 42.8 Å². The zero-order valence-electron chi connectivity index (χ0n) is 13.0. The van der Waals surface area contributed by atoms with E-state index in [-0.39, 0.29) is 99.6 Å². The summed E-state index contributed by atoms with van der Waals surface area (Å²) in [6.07, 6.45) is 0. The normalized spacial score (nSPS) is 5.20. The van der Waals surface area contributed by atoms with Gasteiger partial charge in [-0.25, -0.2) is 0 Å². The van der Waals surface area contributed by atoms with Crippen LogP contribution in [-0.4, -0.2) is 157 Å². The van der Waals surface area contributed by atoms with Crippen molar-refractivity contribution in [3.8, 4) is 0 Å². The fraction of sp³-hybridized carbons (Fsp3) is 0.600. The summed E-state index contributed by atoms with van der Waals surface area (Å²) in [6.45, 7) is 5.53. The molecule has 0 aromatic heterocycles. The molecule has 0 saturated heterocycles. The van der Waals surface area contributed by atoms with Gasteiger partial charge in [-0.3, -0.25) is 19.2 Å². The van der Waals surface area contributed by atoms with Crippen molar-refractivity contribution in [2.45, 2.75) is 27.7 Å². The van der Waals surface area contributed by atoms with Crippen LogP contribution in [0, 0.1) is 0 Å². The van der Waals surface area contributed by atoms with Crippen LogP contribution in [0.1, 0.15) is 27.7 Å². The molecule has 0 aromatic rings. The van der Waals surface area contributed by atoms with Gasteiger partial charge in [-0.05, 0) is 0 Å². The molecule has 15 heteroatoms. The van der Waals surface area contributed by atoms with Gasteiger partial charge in [-0.15, -0.1) is 0 Å². The van der Waals surface area contributed by atoms with E-state index >= 15 is 0 Å². The first-order chi connectivity index (χ1) is 8.84. The average molecular weight is 408 g/mol. The number of rotatable bonds is 1. The molecule has 0 radical (unpaired) electrons. The first kappa shape index (κ1) is 63.6. The Morgan fingerprint density at radius 2 is 0.600 bits per heavy atom. The maximum atomic E-state index is 9.00. The second-order valence-electron chi connectivity index (χ2n) is 2.65. The van der Waals surface area contributed by atoms with Gasteiger partial charge in [0.2, 0.25) is 0 Å². The van der Waals surface area contributed by atoms with Crippen LogP contribution in [0.4, 0.5) is 0 Å². The van der Waals surface area contributed by atoms with E-state index in [4.69, 9.17) is 51.1 Å². The Kier molecular flexibility index (Phi) is 163. The number of hydrogen-bond acceptors (Lipinski definition) is 6. The third-order valence-electron chi connectivity index (χ3n) is 0.167. The van der Waals surface area contributed by atoms with E-state index in [9.17, 15) is 0 Å². The summed E-state index contributed by atoms with van der Waals surface area (Å²) in [4.78, 5) is 36.0. The third-order valence-corrected chi connectivity index (χ3v) is 0.167. The predicted octanol–water partition coefficient (Wildman–Crippen LogP) is -4.33. The van der Waals surface area contributed by atoms with Crippen LogP contribution in [0.5, 0.6) is 0 Å². The molecule has 0 aromatic carbocycles. The van der Waals surface area contributed by atoms with Crippen LogP contribution in [-0.2, 0) is 19.2 Å². The summed E-state index contributed by atoms with van der Waals surface area (Å²) in [6, 6.07) is 0. The molecular weight excluding hydrogens is 377 g/mol. The van der Waals surface area contributed by atoms with Crippen LogP contribution in [0.15, 0.2) is 0 Å². The fourth-order valence-corrected chi connectivity index (χ4v) is 0. The summed E-state index contributed by atoms with van der Waals surface area (Å²) in [5.74, 6) is -3.33. The molecule has 0 rings (SSSR count). The molecule has 12 N–H and O–H groups in total. The molecule has 0 atom stereocenters. The van der Waals surface area contributed by atoms with Gasteiger partial charge >= 0.3 is 88.7 Å². The quantitative estimate of drug-likeness (QED) is 0.227. The van der Waals surface area contributed by atoms with Crippen molar-refractivity contribution in [1.82, 2.24) is 0 Å². The van der Waals surface area contributed by atoms with Crippen molar-refractivity contribution in [3.63, 3.8) is 0 Å². The zero-order chi connectivity index (χ0) is 17.7. The second-order valence-corrected chi connectivity index (χ2v) is 2.65. The maximum absolute atomic E-state index is 9.00. The van der Waals surface area contributed by atoms with Gasteiger partial charge in [-0.2, -0.15) is 0 Å². The van der Waals surface area contributed by atoms with E-state index < -0.39 is 23.9 Å². The van der Waals surface area contributed by atoms with Gasteiger partial charge in [0.1, 0.15) is 0 Å². The molecule has 0 unspecified atom stereocenters. The Morgan fingerprint density at radius 3 is 0.600 bits per heavy atom. The first-order valence-corrected chi connectivity index (χ1v) is 5.03. The van der Waals surface area contributed by atoms with E-state index in [1.54, 1.807) is 0 Å². The standard InChI is InChI=1S/C2H8N2.4C2H4O2.3Na.2H2O.3H/c3-1-2-4;4*1-2(3)4;;;;;;;;/h1-4H2;4*1H3,(H,3,4);;;;2*1H2;;;. The van der Waals surface area contributed by atoms with Crippen molar-refractivity contribution in [3.05, 3.63) is 0 Å². The van der Waals surface area contributed by atoms with E-state index in [1.165, 1.54) is 0 Å². The van der Waals surface area contributed by atoms with Crippen molar-refractivity contribution in [2.24, 2.45) is 11.5 Å². The summed E-state index contributed by atoms with van der Waals surface area (Å²) in [7, 11) is 0. The monoisotopic (exact) mass is 408 g/mol. The molecule has 0 aliphatic rings. The minimum absolute atomic E-state index is 0. The number of aliphatic carboxylic acids is 4. The second kappa shape index (κ2) is 64.2. The van der Waals surface area contributed by atoms with Crippen molar-refractivity contribution >= 4 is 113 Å². The summed E-state index contributed by atoms with van der Waals surface area (Å²) >= 11 is 0. The summed E-state index contributed by atoms with van der Waals surface area (Å²) < 4.78 is 0. The van der Waals surface area contributed by atoms with E-state index in [2.05, 4.69) is 0 Å². The summed E-state index contributed by atoms with van der Waals surface area (Å²) in [5.41, 5.74) is 9.81. The van der Waals surface area contributed by atoms with E-state index in [1.807, 2.05) is 0 Å². The molecule has 0 bridgehead atoms. The number of nitrogens with two attached hydrogens (primary N) is 2. The van der Waals surface area contributed by atoms with E-state index in [0.29, 0.717) is 13.1 Å². The molecule has 0 aliphatic carbocycles. The average Bonchev–Trinajstić information content (AvgIpc) is 2.13. The molecule has 0 heterocycles. The number of carboxylic acid groups (broad SMARTS) is 4. The molecule has 144 valence electrons. The van der Waals surface area contributed by atoms with Crippen LogP contribution < -0.4 is 11.5 Å². The fourth-order valence-electron chi connectivity index (χ4n) is 0. The molecule has 25 heavy (non-hydrogen) atoms. The molecule has 12 nitrogen and oxygen atoms in total. The Morgan fingerprint density at radius 1 is 0.560 bits per heavy atom. The predicted molar refractivity (Wildman–Crippen MR) is 100 cm³/mol. The number of carbonyl (C=O) groups is 4. The molecular formula is C10H31N2Na3O10. The van der Waals surface area contributed by atoms with Gasteiger partial charge in [0.15, 0.2) is 0 Å². The van der Waals surface area contributed by atoms with E-state index in [0.717, 1.165) is 27.7 Å². The van der Waals surface area contributed by atoms with Crippen molar-refractivity contribution in [1.29, 1.82) is 0 Å². The Bertz CT molecular complexity index is 205. The van der Waals surface area contributed by atoms with Crippen LogP contribution in [0.25, 0.3) is 0 Å².